The fraction of sp³-hybridized carbons (Fsp3) is 0.167. The molecule has 1 aromatic carbocycles. The van der Waals surface area contributed by atoms with E-state index in [1.54, 1.807) is 0 Å². The maximum absolute atomic E-state index is 5.77. The standard InChI is InChI=1S/C12H12N6/c13-5-7-2-1-3-8(4-7)11-17-9-10(14)15-6-16-12(9)18-11/h1-4,6,9H,5,13H2,(H2,14,15,16,17,18). The Kier molecular flexibility index (Phi) is 2.49. The lowest BCUT2D eigenvalue weighted by atomic mass is 10.1. The second-order valence-corrected chi connectivity index (χ2v) is 4.03. The van der Waals surface area contributed by atoms with Gasteiger partial charge in [0, 0.05) is 12.1 Å². The minimum absolute atomic E-state index is 0.341. The highest BCUT2D eigenvalue weighted by atomic mass is 15.2. The number of rotatable bonds is 2. The molecule has 0 saturated carbocycles. The van der Waals surface area contributed by atoms with Gasteiger partial charge in [0.2, 0.25) is 0 Å². The van der Waals surface area contributed by atoms with Crippen molar-refractivity contribution in [3.05, 3.63) is 35.4 Å². The summed E-state index contributed by atoms with van der Waals surface area (Å²) in [6, 6.07) is 7.47. The Labute approximate surface area is 104 Å². The lowest BCUT2D eigenvalue weighted by molar-refractivity contribution is 1.07. The Morgan fingerprint density at radius 1 is 1.28 bits per heavy atom. The zero-order chi connectivity index (χ0) is 12.5. The summed E-state index contributed by atoms with van der Waals surface area (Å²) in [7, 11) is 0. The maximum atomic E-state index is 5.77. The third kappa shape index (κ3) is 1.72. The Morgan fingerprint density at radius 2 is 2.17 bits per heavy atom. The van der Waals surface area contributed by atoms with Gasteiger partial charge in [-0.15, -0.1) is 0 Å². The number of amidine groups is 3. The van der Waals surface area contributed by atoms with Crippen molar-refractivity contribution >= 4 is 23.8 Å². The summed E-state index contributed by atoms with van der Waals surface area (Å²) in [5, 5.41) is 0. The summed E-state index contributed by atoms with van der Waals surface area (Å²) in [4.78, 5) is 16.8. The second-order valence-electron chi connectivity index (χ2n) is 4.03. The van der Waals surface area contributed by atoms with E-state index in [2.05, 4.69) is 20.0 Å². The molecular weight excluding hydrogens is 228 g/mol. The van der Waals surface area contributed by atoms with E-state index >= 15 is 0 Å². The van der Waals surface area contributed by atoms with Crippen molar-refractivity contribution in [2.45, 2.75) is 12.6 Å². The Morgan fingerprint density at radius 3 is 2.94 bits per heavy atom. The van der Waals surface area contributed by atoms with E-state index in [0.29, 0.717) is 24.1 Å². The summed E-state index contributed by atoms with van der Waals surface area (Å²) >= 11 is 0. The molecule has 1 aromatic rings. The highest BCUT2D eigenvalue weighted by Crippen LogP contribution is 2.16. The van der Waals surface area contributed by atoms with E-state index in [4.69, 9.17) is 11.5 Å². The van der Waals surface area contributed by atoms with Crippen molar-refractivity contribution in [1.82, 2.24) is 0 Å². The van der Waals surface area contributed by atoms with Crippen LogP contribution in [0.3, 0.4) is 0 Å². The van der Waals surface area contributed by atoms with Crippen LogP contribution in [0, 0.1) is 0 Å². The van der Waals surface area contributed by atoms with Crippen LogP contribution in [0.4, 0.5) is 0 Å². The molecule has 2 aliphatic heterocycles. The molecule has 0 aliphatic carbocycles. The quantitative estimate of drug-likeness (QED) is 0.764. The molecule has 2 heterocycles. The molecule has 0 bridgehead atoms. The van der Waals surface area contributed by atoms with Gasteiger partial charge in [0.25, 0.3) is 0 Å². The first kappa shape index (κ1) is 10.8. The highest BCUT2D eigenvalue weighted by Gasteiger charge is 2.28. The highest BCUT2D eigenvalue weighted by molar-refractivity contribution is 6.24. The molecule has 18 heavy (non-hydrogen) atoms. The molecule has 0 saturated heterocycles. The number of hydrogen-bond acceptors (Lipinski definition) is 6. The Bertz CT molecular complexity index is 611. The number of nitrogens with two attached hydrogens (primary N) is 2. The molecule has 0 amide bonds. The van der Waals surface area contributed by atoms with Gasteiger partial charge in [-0.05, 0) is 11.6 Å². The SMILES string of the molecule is NCc1cccc(C2=NC3C(N)=NC=NC3=N2)c1. The van der Waals surface area contributed by atoms with E-state index in [0.717, 1.165) is 11.1 Å². The molecule has 1 unspecified atom stereocenters. The van der Waals surface area contributed by atoms with Crippen molar-refractivity contribution in [2.24, 2.45) is 31.4 Å². The van der Waals surface area contributed by atoms with Gasteiger partial charge in [-0.1, -0.05) is 18.2 Å². The second kappa shape index (κ2) is 4.15. The van der Waals surface area contributed by atoms with Crippen molar-refractivity contribution in [2.75, 3.05) is 0 Å². The first-order valence-corrected chi connectivity index (χ1v) is 5.59. The maximum Gasteiger partial charge on any atom is 0.169 e. The van der Waals surface area contributed by atoms with Gasteiger partial charge in [-0.25, -0.2) is 20.0 Å². The summed E-state index contributed by atoms with van der Waals surface area (Å²) in [6.45, 7) is 0.489. The summed E-state index contributed by atoms with van der Waals surface area (Å²) < 4.78 is 0. The minimum Gasteiger partial charge on any atom is -0.385 e. The van der Waals surface area contributed by atoms with Crippen LogP contribution in [-0.2, 0) is 6.54 Å². The molecular formula is C12H12N6. The predicted octanol–water partition coefficient (Wildman–Crippen LogP) is 0.0717. The first-order chi connectivity index (χ1) is 8.78. The molecule has 0 fully saturated rings. The van der Waals surface area contributed by atoms with Crippen LogP contribution in [0.5, 0.6) is 0 Å². The van der Waals surface area contributed by atoms with E-state index in [1.807, 2.05) is 24.3 Å². The Hall–Kier alpha value is -2.34. The fourth-order valence-corrected chi connectivity index (χ4v) is 1.88. The molecule has 0 aromatic heterocycles. The van der Waals surface area contributed by atoms with Crippen LogP contribution >= 0.6 is 0 Å². The molecule has 4 N–H and O–H groups in total. The van der Waals surface area contributed by atoms with Crippen LogP contribution < -0.4 is 11.5 Å². The molecule has 0 spiro atoms. The first-order valence-electron chi connectivity index (χ1n) is 5.59. The van der Waals surface area contributed by atoms with Gasteiger partial charge in [-0.2, -0.15) is 0 Å². The summed E-state index contributed by atoms with van der Waals surface area (Å²) in [5.74, 6) is 1.65. The monoisotopic (exact) mass is 240 g/mol. The minimum atomic E-state index is -0.341. The van der Waals surface area contributed by atoms with Gasteiger partial charge >= 0.3 is 0 Å². The molecule has 90 valence electrons. The lowest BCUT2D eigenvalue weighted by Gasteiger charge is -2.08. The summed E-state index contributed by atoms with van der Waals surface area (Å²) in [6.07, 6.45) is 1.40. The van der Waals surface area contributed by atoms with Crippen molar-refractivity contribution in [3.8, 4) is 0 Å². The molecule has 1 atom stereocenters. The number of aliphatic imine (C=N–C) groups is 4. The number of nitrogens with zero attached hydrogens (tertiary/aromatic N) is 4. The van der Waals surface area contributed by atoms with Gasteiger partial charge in [0.1, 0.15) is 12.2 Å². The van der Waals surface area contributed by atoms with Gasteiger partial charge < -0.3 is 11.5 Å². The van der Waals surface area contributed by atoms with Crippen LogP contribution in [0.2, 0.25) is 0 Å². The third-order valence-corrected chi connectivity index (χ3v) is 2.81. The van der Waals surface area contributed by atoms with E-state index in [9.17, 15) is 0 Å². The average Bonchev–Trinajstić information content (AvgIpc) is 2.84. The molecule has 6 nitrogen and oxygen atoms in total. The van der Waals surface area contributed by atoms with Crippen molar-refractivity contribution in [1.29, 1.82) is 0 Å². The molecule has 0 radical (unpaired) electrons. The number of fused-ring (bicyclic) bond motifs is 1. The average molecular weight is 240 g/mol. The van der Waals surface area contributed by atoms with E-state index in [1.165, 1.54) is 6.34 Å². The van der Waals surface area contributed by atoms with Crippen LogP contribution in [0.25, 0.3) is 0 Å². The number of benzene rings is 1. The van der Waals surface area contributed by atoms with E-state index in [-0.39, 0.29) is 6.04 Å². The van der Waals surface area contributed by atoms with Crippen LogP contribution in [0.1, 0.15) is 11.1 Å². The lowest BCUT2D eigenvalue weighted by Crippen LogP contribution is -2.34. The van der Waals surface area contributed by atoms with Crippen LogP contribution in [-0.4, -0.2) is 29.9 Å². The largest absolute Gasteiger partial charge is 0.385 e. The smallest absolute Gasteiger partial charge is 0.169 e. The van der Waals surface area contributed by atoms with Crippen LogP contribution in [0.15, 0.2) is 44.2 Å². The fourth-order valence-electron chi connectivity index (χ4n) is 1.88. The van der Waals surface area contributed by atoms with Gasteiger partial charge in [0.05, 0.1) is 0 Å². The predicted molar refractivity (Wildman–Crippen MR) is 72.2 cm³/mol. The van der Waals surface area contributed by atoms with Crippen molar-refractivity contribution in [3.63, 3.8) is 0 Å². The van der Waals surface area contributed by atoms with Gasteiger partial charge in [-0.3, -0.25) is 0 Å². The Balaban J connectivity index is 1.99. The molecule has 3 rings (SSSR count). The molecule has 2 aliphatic rings. The normalized spacial score (nSPS) is 21.2. The van der Waals surface area contributed by atoms with Gasteiger partial charge in [0.15, 0.2) is 17.7 Å². The zero-order valence-electron chi connectivity index (χ0n) is 9.61. The topological polar surface area (TPSA) is 101 Å². The van der Waals surface area contributed by atoms with Crippen molar-refractivity contribution < 1.29 is 0 Å². The molecule has 6 heteroatoms. The zero-order valence-corrected chi connectivity index (χ0v) is 9.61. The third-order valence-electron chi connectivity index (χ3n) is 2.81. The number of hydrogen-bond donors (Lipinski definition) is 2. The summed E-state index contributed by atoms with van der Waals surface area (Å²) in [5.41, 5.74) is 13.3. The van der Waals surface area contributed by atoms with E-state index < -0.39 is 0 Å².